The van der Waals surface area contributed by atoms with Crippen molar-refractivity contribution in [3.63, 3.8) is 0 Å². The molecule has 4 rings (SSSR count). The Morgan fingerprint density at radius 1 is 1.19 bits per heavy atom. The van der Waals surface area contributed by atoms with Crippen molar-refractivity contribution in [3.8, 4) is 11.4 Å². The molecule has 3 aromatic heterocycles. The van der Waals surface area contributed by atoms with Gasteiger partial charge < -0.3 is 16.0 Å². The van der Waals surface area contributed by atoms with Crippen molar-refractivity contribution >= 4 is 34.1 Å². The molecule has 0 bridgehead atoms. The maximum Gasteiger partial charge on any atom is 0.183 e. The molecular formula is C19H16ClFN6. The molecule has 0 radical (unpaired) electrons. The summed E-state index contributed by atoms with van der Waals surface area (Å²) < 4.78 is 14.3. The van der Waals surface area contributed by atoms with Crippen LogP contribution in [0, 0.1) is 5.82 Å². The standard InChI is InChI=1S/C19H16ClFN6/c1-10(11-2-4-13(22)5-3-11)26-19-16(21)9-25-18(27-19)15-8-24-17-14(15)6-12(20)7-23-17/h2-10H,22H2,1H3,(H,23,24)(H,25,26,27)/t10-/m1/s1. The number of anilines is 2. The van der Waals surface area contributed by atoms with Crippen LogP contribution >= 0.6 is 11.6 Å². The minimum atomic E-state index is -0.531. The van der Waals surface area contributed by atoms with E-state index in [1.165, 1.54) is 0 Å². The fourth-order valence-electron chi connectivity index (χ4n) is 2.83. The van der Waals surface area contributed by atoms with Gasteiger partial charge in [-0.1, -0.05) is 23.7 Å². The summed E-state index contributed by atoms with van der Waals surface area (Å²) in [6.07, 6.45) is 4.43. The molecule has 0 aliphatic rings. The average molecular weight is 383 g/mol. The van der Waals surface area contributed by atoms with Crippen LogP contribution in [0.25, 0.3) is 22.4 Å². The molecule has 6 nitrogen and oxygen atoms in total. The maximum atomic E-state index is 14.3. The lowest BCUT2D eigenvalue weighted by atomic mass is 10.1. The zero-order valence-corrected chi connectivity index (χ0v) is 15.1. The van der Waals surface area contributed by atoms with Crippen LogP contribution in [0.5, 0.6) is 0 Å². The molecule has 0 amide bonds. The number of rotatable bonds is 4. The Morgan fingerprint density at radius 3 is 2.74 bits per heavy atom. The van der Waals surface area contributed by atoms with Crippen LogP contribution in [-0.4, -0.2) is 19.9 Å². The molecule has 136 valence electrons. The second-order valence-electron chi connectivity index (χ2n) is 6.17. The third-order valence-electron chi connectivity index (χ3n) is 4.27. The third-order valence-corrected chi connectivity index (χ3v) is 4.48. The lowest BCUT2D eigenvalue weighted by Crippen LogP contribution is -2.10. The van der Waals surface area contributed by atoms with E-state index in [1.54, 1.807) is 30.6 Å². The summed E-state index contributed by atoms with van der Waals surface area (Å²) in [6, 6.07) is 8.99. The first kappa shape index (κ1) is 17.2. The molecule has 0 unspecified atom stereocenters. The van der Waals surface area contributed by atoms with Gasteiger partial charge in [0.1, 0.15) is 5.65 Å². The number of aromatic nitrogens is 4. The molecule has 27 heavy (non-hydrogen) atoms. The topological polar surface area (TPSA) is 92.5 Å². The minimum absolute atomic E-state index is 0.119. The Hall–Kier alpha value is -3.19. The number of nitrogens with two attached hydrogens (primary N) is 1. The molecule has 1 aromatic carbocycles. The summed E-state index contributed by atoms with van der Waals surface area (Å²) in [6.45, 7) is 1.92. The summed E-state index contributed by atoms with van der Waals surface area (Å²) in [5, 5.41) is 4.36. The average Bonchev–Trinajstić information content (AvgIpc) is 3.07. The van der Waals surface area contributed by atoms with E-state index in [-0.39, 0.29) is 11.9 Å². The van der Waals surface area contributed by atoms with Crippen LogP contribution in [0.4, 0.5) is 15.9 Å². The lowest BCUT2D eigenvalue weighted by molar-refractivity contribution is 0.614. The van der Waals surface area contributed by atoms with Gasteiger partial charge in [-0.25, -0.2) is 19.3 Å². The van der Waals surface area contributed by atoms with Gasteiger partial charge in [0, 0.05) is 29.0 Å². The molecule has 0 saturated heterocycles. The largest absolute Gasteiger partial charge is 0.399 e. The number of nitrogen functional groups attached to an aromatic ring is 1. The Kier molecular flexibility index (Phi) is 4.37. The molecule has 4 N–H and O–H groups in total. The van der Waals surface area contributed by atoms with Gasteiger partial charge >= 0.3 is 0 Å². The van der Waals surface area contributed by atoms with Crippen molar-refractivity contribution in [2.75, 3.05) is 11.1 Å². The zero-order chi connectivity index (χ0) is 19.0. The molecule has 0 saturated carbocycles. The van der Waals surface area contributed by atoms with Crippen molar-refractivity contribution in [3.05, 3.63) is 65.3 Å². The van der Waals surface area contributed by atoms with E-state index >= 15 is 0 Å². The lowest BCUT2D eigenvalue weighted by Gasteiger charge is -2.16. The normalized spacial score (nSPS) is 12.3. The first-order chi connectivity index (χ1) is 13.0. The van der Waals surface area contributed by atoms with E-state index in [9.17, 15) is 4.39 Å². The quantitative estimate of drug-likeness (QED) is 0.450. The number of hydrogen-bond donors (Lipinski definition) is 3. The van der Waals surface area contributed by atoms with E-state index in [0.29, 0.717) is 27.7 Å². The Morgan fingerprint density at radius 2 is 1.96 bits per heavy atom. The van der Waals surface area contributed by atoms with Crippen molar-refractivity contribution in [2.24, 2.45) is 0 Å². The molecule has 0 aliphatic heterocycles. The summed E-state index contributed by atoms with van der Waals surface area (Å²) >= 11 is 6.04. The highest BCUT2D eigenvalue weighted by Gasteiger charge is 2.15. The molecule has 1 atom stereocenters. The van der Waals surface area contributed by atoms with Gasteiger partial charge in [-0.2, -0.15) is 0 Å². The number of benzene rings is 1. The molecule has 3 heterocycles. The van der Waals surface area contributed by atoms with Crippen LogP contribution < -0.4 is 11.1 Å². The Balaban J connectivity index is 1.68. The first-order valence-electron chi connectivity index (χ1n) is 8.29. The number of H-pyrrole nitrogens is 1. The van der Waals surface area contributed by atoms with Crippen molar-refractivity contribution in [1.82, 2.24) is 19.9 Å². The highest BCUT2D eigenvalue weighted by Crippen LogP contribution is 2.29. The summed E-state index contributed by atoms with van der Waals surface area (Å²) in [5.41, 5.74) is 8.71. The second-order valence-corrected chi connectivity index (χ2v) is 6.61. The fraction of sp³-hybridized carbons (Fsp3) is 0.105. The maximum absolute atomic E-state index is 14.3. The van der Waals surface area contributed by atoms with Crippen LogP contribution in [0.3, 0.4) is 0 Å². The number of pyridine rings is 1. The summed E-state index contributed by atoms with van der Waals surface area (Å²) in [4.78, 5) is 15.7. The predicted octanol–water partition coefficient (Wildman–Crippen LogP) is 4.57. The number of aromatic amines is 1. The second kappa shape index (κ2) is 6.85. The van der Waals surface area contributed by atoms with Crippen LogP contribution in [-0.2, 0) is 0 Å². The highest BCUT2D eigenvalue weighted by molar-refractivity contribution is 6.31. The number of halogens is 2. The summed E-state index contributed by atoms with van der Waals surface area (Å²) in [7, 11) is 0. The zero-order valence-electron chi connectivity index (χ0n) is 14.4. The SMILES string of the molecule is C[C@@H](Nc1nc(-c2c[nH]c3ncc(Cl)cc23)ncc1F)c1ccc(N)cc1. The van der Waals surface area contributed by atoms with E-state index in [0.717, 1.165) is 17.1 Å². The van der Waals surface area contributed by atoms with Gasteiger partial charge in [0.2, 0.25) is 0 Å². The Bertz CT molecular complexity index is 1110. The molecule has 4 aromatic rings. The summed E-state index contributed by atoms with van der Waals surface area (Å²) in [5.74, 6) is -0.0376. The van der Waals surface area contributed by atoms with Gasteiger partial charge in [-0.3, -0.25) is 0 Å². The number of nitrogens with zero attached hydrogens (tertiary/aromatic N) is 3. The number of fused-ring (bicyclic) bond motifs is 1. The third kappa shape index (κ3) is 3.41. The highest BCUT2D eigenvalue weighted by atomic mass is 35.5. The van der Waals surface area contributed by atoms with Gasteiger partial charge in [-0.15, -0.1) is 0 Å². The van der Waals surface area contributed by atoms with Gasteiger partial charge in [0.05, 0.1) is 17.3 Å². The molecule has 8 heteroatoms. The van der Waals surface area contributed by atoms with Crippen LogP contribution in [0.15, 0.2) is 48.9 Å². The smallest absolute Gasteiger partial charge is 0.183 e. The molecular weight excluding hydrogens is 367 g/mol. The van der Waals surface area contributed by atoms with E-state index < -0.39 is 5.82 Å². The fourth-order valence-corrected chi connectivity index (χ4v) is 2.99. The first-order valence-corrected chi connectivity index (χ1v) is 8.66. The molecule has 0 fully saturated rings. The monoisotopic (exact) mass is 382 g/mol. The number of nitrogens with one attached hydrogen (secondary N) is 2. The van der Waals surface area contributed by atoms with E-state index in [2.05, 4.69) is 25.3 Å². The van der Waals surface area contributed by atoms with E-state index in [4.69, 9.17) is 17.3 Å². The van der Waals surface area contributed by atoms with Gasteiger partial charge in [0.15, 0.2) is 17.5 Å². The van der Waals surface area contributed by atoms with E-state index in [1.807, 2.05) is 19.1 Å². The van der Waals surface area contributed by atoms with Crippen LogP contribution in [0.2, 0.25) is 5.02 Å². The van der Waals surface area contributed by atoms with Crippen molar-refractivity contribution in [1.29, 1.82) is 0 Å². The Labute approximate surface area is 159 Å². The molecule has 0 aliphatic carbocycles. The van der Waals surface area contributed by atoms with Crippen LogP contribution in [0.1, 0.15) is 18.5 Å². The van der Waals surface area contributed by atoms with Gasteiger partial charge in [-0.05, 0) is 30.7 Å². The van der Waals surface area contributed by atoms with Gasteiger partial charge in [0.25, 0.3) is 0 Å². The van der Waals surface area contributed by atoms with Crippen molar-refractivity contribution in [2.45, 2.75) is 13.0 Å². The van der Waals surface area contributed by atoms with Crippen molar-refractivity contribution < 1.29 is 4.39 Å². The molecule has 0 spiro atoms. The number of hydrogen-bond acceptors (Lipinski definition) is 5. The predicted molar refractivity (Wildman–Crippen MR) is 105 cm³/mol. The minimum Gasteiger partial charge on any atom is -0.399 e.